The molecule has 1 aromatic carbocycles. The maximum Gasteiger partial charge on any atom is 0.414 e. The number of carbonyl (C=O) groups is 2. The second kappa shape index (κ2) is 9.44. The van der Waals surface area contributed by atoms with E-state index in [4.69, 9.17) is 19.8 Å². The number of carboxylic acid groups (broad SMARTS) is 2. The number of aliphatic carboxylic acids is 2. The van der Waals surface area contributed by atoms with E-state index in [-0.39, 0.29) is 11.6 Å². The molecule has 140 valence electrons. The van der Waals surface area contributed by atoms with Crippen LogP contribution in [0.3, 0.4) is 0 Å². The minimum absolute atomic E-state index is 0.139. The van der Waals surface area contributed by atoms with Crippen LogP contribution >= 0.6 is 0 Å². The lowest BCUT2D eigenvalue weighted by atomic mass is 10.2. The third-order valence-corrected chi connectivity index (χ3v) is 5.51. The number of rotatable bonds is 4. The van der Waals surface area contributed by atoms with Gasteiger partial charge in [-0.1, -0.05) is 18.2 Å². The molecule has 2 N–H and O–H groups in total. The molecule has 1 fully saturated rings. The van der Waals surface area contributed by atoms with Crippen LogP contribution in [0.25, 0.3) is 0 Å². The van der Waals surface area contributed by atoms with Crippen molar-refractivity contribution in [3.05, 3.63) is 35.6 Å². The molecule has 0 aromatic heterocycles. The zero-order valence-electron chi connectivity index (χ0n) is 13.8. The van der Waals surface area contributed by atoms with Gasteiger partial charge in [-0.3, -0.25) is 4.90 Å². The molecule has 0 unspecified atom stereocenters. The highest BCUT2D eigenvalue weighted by Gasteiger charge is 2.25. The summed E-state index contributed by atoms with van der Waals surface area (Å²) in [6.45, 7) is 4.46. The molecule has 1 saturated heterocycles. The lowest BCUT2D eigenvalue weighted by Gasteiger charge is -2.33. The topological polar surface area (TPSA) is 115 Å². The molecule has 1 aliphatic rings. The van der Waals surface area contributed by atoms with Gasteiger partial charge in [0.25, 0.3) is 0 Å². The van der Waals surface area contributed by atoms with Gasteiger partial charge in [-0.25, -0.2) is 22.4 Å². The Morgan fingerprint density at radius 2 is 1.60 bits per heavy atom. The Labute approximate surface area is 145 Å². The van der Waals surface area contributed by atoms with Gasteiger partial charge in [-0.2, -0.15) is 4.31 Å². The fourth-order valence-corrected chi connectivity index (χ4v) is 3.30. The van der Waals surface area contributed by atoms with Crippen molar-refractivity contribution in [2.24, 2.45) is 0 Å². The molecule has 25 heavy (non-hydrogen) atoms. The molecule has 0 radical (unpaired) electrons. The van der Waals surface area contributed by atoms with Crippen LogP contribution in [0.2, 0.25) is 0 Å². The second-order valence-electron chi connectivity index (χ2n) is 5.28. The van der Waals surface area contributed by atoms with E-state index in [1.807, 2.05) is 6.07 Å². The zero-order chi connectivity index (χ0) is 19.0. The summed E-state index contributed by atoms with van der Waals surface area (Å²) in [6, 6.07) is 6.71. The van der Waals surface area contributed by atoms with Gasteiger partial charge in [0.15, 0.2) is 0 Å². The monoisotopic (exact) mass is 376 g/mol. The van der Waals surface area contributed by atoms with Crippen molar-refractivity contribution in [2.75, 3.05) is 31.9 Å². The third kappa shape index (κ3) is 6.77. The lowest BCUT2D eigenvalue weighted by Crippen LogP contribution is -2.48. The van der Waals surface area contributed by atoms with Gasteiger partial charge in [0.05, 0.1) is 5.75 Å². The van der Waals surface area contributed by atoms with Gasteiger partial charge in [0.1, 0.15) is 5.82 Å². The molecule has 0 spiro atoms. The van der Waals surface area contributed by atoms with E-state index in [2.05, 4.69) is 4.90 Å². The molecule has 1 aliphatic heterocycles. The Hall–Kier alpha value is -2.04. The summed E-state index contributed by atoms with van der Waals surface area (Å²) in [5.41, 5.74) is 0.661. The van der Waals surface area contributed by atoms with Gasteiger partial charge in [0, 0.05) is 38.3 Å². The first-order valence-electron chi connectivity index (χ1n) is 7.57. The maximum absolute atomic E-state index is 13.5. The molecule has 0 amide bonds. The van der Waals surface area contributed by atoms with Crippen molar-refractivity contribution >= 4 is 22.0 Å². The summed E-state index contributed by atoms with van der Waals surface area (Å²) in [7, 11) is -3.09. The number of nitrogens with zero attached hydrogens (tertiary/aromatic N) is 2. The first-order chi connectivity index (χ1) is 11.7. The van der Waals surface area contributed by atoms with Crippen molar-refractivity contribution in [1.82, 2.24) is 9.21 Å². The molecule has 0 aliphatic carbocycles. The van der Waals surface area contributed by atoms with E-state index in [1.165, 1.54) is 10.4 Å². The Bertz CT molecular complexity index is 690. The van der Waals surface area contributed by atoms with E-state index in [0.29, 0.717) is 38.3 Å². The Morgan fingerprint density at radius 3 is 2.04 bits per heavy atom. The minimum atomic E-state index is -3.09. The normalized spacial score (nSPS) is 15.9. The quantitative estimate of drug-likeness (QED) is 0.733. The minimum Gasteiger partial charge on any atom is -0.473 e. The van der Waals surface area contributed by atoms with Crippen molar-refractivity contribution in [3.8, 4) is 0 Å². The zero-order valence-corrected chi connectivity index (χ0v) is 14.6. The van der Waals surface area contributed by atoms with Gasteiger partial charge in [-0.05, 0) is 13.0 Å². The van der Waals surface area contributed by atoms with Crippen LogP contribution < -0.4 is 0 Å². The Kier molecular flexibility index (Phi) is 7.94. The SMILES string of the molecule is CCS(=O)(=O)N1CCN(Cc2ccccc2F)CC1.O=C(O)C(=O)O. The van der Waals surface area contributed by atoms with Crippen LogP contribution in [0.15, 0.2) is 24.3 Å². The van der Waals surface area contributed by atoms with Gasteiger partial charge < -0.3 is 10.2 Å². The third-order valence-electron chi connectivity index (χ3n) is 3.62. The molecule has 2 rings (SSSR count). The summed E-state index contributed by atoms with van der Waals surface area (Å²) in [5.74, 6) is -3.71. The fraction of sp³-hybridized carbons (Fsp3) is 0.467. The van der Waals surface area contributed by atoms with Gasteiger partial charge >= 0.3 is 11.9 Å². The van der Waals surface area contributed by atoms with Crippen LogP contribution in [0.1, 0.15) is 12.5 Å². The van der Waals surface area contributed by atoms with Crippen molar-refractivity contribution in [2.45, 2.75) is 13.5 Å². The van der Waals surface area contributed by atoms with E-state index in [0.717, 1.165) is 0 Å². The molecule has 0 saturated carbocycles. The van der Waals surface area contributed by atoms with E-state index in [1.54, 1.807) is 19.1 Å². The van der Waals surface area contributed by atoms with Gasteiger partial charge in [0.2, 0.25) is 10.0 Å². The number of piperazine rings is 1. The molecule has 1 heterocycles. The molecule has 0 bridgehead atoms. The summed E-state index contributed by atoms with van der Waals surface area (Å²) in [5, 5.41) is 14.8. The van der Waals surface area contributed by atoms with Crippen LogP contribution in [-0.2, 0) is 26.2 Å². The Morgan fingerprint density at radius 1 is 1.08 bits per heavy atom. The molecule has 8 nitrogen and oxygen atoms in total. The first-order valence-corrected chi connectivity index (χ1v) is 9.18. The van der Waals surface area contributed by atoms with Crippen LogP contribution in [0.4, 0.5) is 4.39 Å². The van der Waals surface area contributed by atoms with E-state index in [9.17, 15) is 12.8 Å². The highest BCUT2D eigenvalue weighted by atomic mass is 32.2. The lowest BCUT2D eigenvalue weighted by molar-refractivity contribution is -0.159. The number of carboxylic acids is 2. The highest BCUT2D eigenvalue weighted by molar-refractivity contribution is 7.89. The first kappa shape index (κ1) is 21.0. The molecule has 0 atom stereocenters. The molecular weight excluding hydrogens is 355 g/mol. The average Bonchev–Trinajstić information content (AvgIpc) is 2.58. The van der Waals surface area contributed by atoms with E-state index < -0.39 is 22.0 Å². The summed E-state index contributed by atoms with van der Waals surface area (Å²) >= 11 is 0. The van der Waals surface area contributed by atoms with Crippen LogP contribution in [0.5, 0.6) is 0 Å². The molecule has 10 heteroatoms. The summed E-state index contributed by atoms with van der Waals surface area (Å²) in [6.07, 6.45) is 0. The number of hydrogen-bond acceptors (Lipinski definition) is 5. The predicted molar refractivity (Wildman–Crippen MR) is 88.0 cm³/mol. The number of halogens is 1. The fourth-order valence-electron chi connectivity index (χ4n) is 2.22. The molecule has 1 aromatic rings. The number of sulfonamides is 1. The van der Waals surface area contributed by atoms with Crippen molar-refractivity contribution < 1.29 is 32.6 Å². The summed E-state index contributed by atoms with van der Waals surface area (Å²) in [4.78, 5) is 20.3. The summed E-state index contributed by atoms with van der Waals surface area (Å²) < 4.78 is 38.5. The smallest absolute Gasteiger partial charge is 0.414 e. The second-order valence-corrected chi connectivity index (χ2v) is 7.54. The van der Waals surface area contributed by atoms with E-state index >= 15 is 0 Å². The predicted octanol–water partition coefficient (Wildman–Crippen LogP) is 0.449. The highest BCUT2D eigenvalue weighted by Crippen LogP contribution is 2.13. The van der Waals surface area contributed by atoms with Crippen molar-refractivity contribution in [3.63, 3.8) is 0 Å². The van der Waals surface area contributed by atoms with Crippen LogP contribution in [-0.4, -0.2) is 71.7 Å². The van der Waals surface area contributed by atoms with Crippen LogP contribution in [0, 0.1) is 5.82 Å². The Balaban J connectivity index is 0.000000450. The number of benzene rings is 1. The average molecular weight is 376 g/mol. The van der Waals surface area contributed by atoms with Crippen molar-refractivity contribution in [1.29, 1.82) is 0 Å². The number of hydrogen-bond donors (Lipinski definition) is 2. The van der Waals surface area contributed by atoms with Gasteiger partial charge in [-0.15, -0.1) is 0 Å². The maximum atomic E-state index is 13.5. The molecular formula is C15H21FN2O6S. The standard InChI is InChI=1S/C13H19FN2O2S.C2H2O4/c1-2-19(17,18)16-9-7-15(8-10-16)11-12-5-3-4-6-13(12)14;3-1(4)2(5)6/h3-6H,2,7-11H2,1H3;(H,3,4)(H,5,6). The largest absolute Gasteiger partial charge is 0.473 e.